The van der Waals surface area contributed by atoms with E-state index >= 15 is 0 Å². The number of carbonyl (C=O) groups is 1. The molecule has 1 aromatic carbocycles. The Hall–Kier alpha value is -2.93. The van der Waals surface area contributed by atoms with Gasteiger partial charge in [0.05, 0.1) is 5.56 Å². The molecule has 0 spiro atoms. The third-order valence-electron chi connectivity index (χ3n) is 5.31. The first-order valence-electron chi connectivity index (χ1n) is 9.86. The van der Waals surface area contributed by atoms with Crippen LogP contribution in [0.5, 0.6) is 0 Å². The van der Waals surface area contributed by atoms with Crippen molar-refractivity contribution in [2.45, 2.75) is 32.4 Å². The van der Waals surface area contributed by atoms with Crippen molar-refractivity contribution < 1.29 is 4.79 Å². The maximum atomic E-state index is 12.3. The molecule has 0 bridgehead atoms. The Balaban J connectivity index is 1.52. The van der Waals surface area contributed by atoms with E-state index in [-0.39, 0.29) is 11.9 Å². The van der Waals surface area contributed by atoms with Crippen LogP contribution in [0.1, 0.15) is 29.5 Å². The Kier molecular flexibility index (Phi) is 6.49. The van der Waals surface area contributed by atoms with Crippen molar-refractivity contribution in [3.05, 3.63) is 74.1 Å². The van der Waals surface area contributed by atoms with Crippen molar-refractivity contribution >= 4 is 12.0 Å². The smallest absolute Gasteiger partial charge is 0.330 e. The first-order chi connectivity index (χ1) is 13.8. The first-order valence-corrected chi connectivity index (χ1v) is 9.86. The van der Waals surface area contributed by atoms with E-state index in [0.717, 1.165) is 37.0 Å². The average molecular weight is 396 g/mol. The normalized spacial score (nSPS) is 15.7. The molecule has 1 aromatic heterocycles. The number of likely N-dealkylation sites (tertiary alicyclic amines) is 1. The second kappa shape index (κ2) is 9.05. The summed E-state index contributed by atoms with van der Waals surface area (Å²) >= 11 is 0. The van der Waals surface area contributed by atoms with Gasteiger partial charge in [0.1, 0.15) is 0 Å². The van der Waals surface area contributed by atoms with Gasteiger partial charge in [-0.1, -0.05) is 29.8 Å². The number of amides is 1. The van der Waals surface area contributed by atoms with Crippen LogP contribution in [-0.4, -0.2) is 39.1 Å². The van der Waals surface area contributed by atoms with E-state index < -0.39 is 11.2 Å². The van der Waals surface area contributed by atoms with Gasteiger partial charge < -0.3 is 9.88 Å². The van der Waals surface area contributed by atoms with Gasteiger partial charge in [0.2, 0.25) is 5.91 Å². The quantitative estimate of drug-likeness (QED) is 0.771. The van der Waals surface area contributed by atoms with Gasteiger partial charge in [-0.3, -0.25) is 19.1 Å². The van der Waals surface area contributed by atoms with E-state index in [0.29, 0.717) is 5.56 Å². The second-order valence-corrected chi connectivity index (χ2v) is 7.72. The standard InChI is InChI=1S/C22H28N4O3/c1-16-5-4-6-17(13-16)14-26-11-9-19(10-12-26)23-20(27)8-7-18-15-24(2)22(29)25(3)21(18)28/h4-8,13,15,19H,9-12,14H2,1-3H3,(H,23,27)/b8-7+. The van der Waals surface area contributed by atoms with Gasteiger partial charge in [-0.2, -0.15) is 0 Å². The highest BCUT2D eigenvalue weighted by Gasteiger charge is 2.20. The van der Waals surface area contributed by atoms with E-state index in [1.807, 2.05) is 0 Å². The van der Waals surface area contributed by atoms with Crippen molar-refractivity contribution in [1.29, 1.82) is 0 Å². The molecule has 154 valence electrons. The lowest BCUT2D eigenvalue weighted by Crippen LogP contribution is -2.43. The Bertz CT molecular complexity index is 1030. The lowest BCUT2D eigenvalue weighted by atomic mass is 10.0. The van der Waals surface area contributed by atoms with Gasteiger partial charge >= 0.3 is 5.69 Å². The molecule has 0 saturated carbocycles. The molecule has 0 aliphatic carbocycles. The molecule has 1 aliphatic rings. The topological polar surface area (TPSA) is 76.3 Å². The monoisotopic (exact) mass is 396 g/mol. The fourth-order valence-corrected chi connectivity index (χ4v) is 3.67. The van der Waals surface area contributed by atoms with Gasteiger partial charge in [-0.05, 0) is 31.4 Å². The Labute approximate surface area is 170 Å². The molecule has 1 amide bonds. The summed E-state index contributed by atoms with van der Waals surface area (Å²) in [6.45, 7) is 4.90. The van der Waals surface area contributed by atoms with Crippen molar-refractivity contribution in [1.82, 2.24) is 19.4 Å². The molecule has 1 aliphatic heterocycles. The number of benzene rings is 1. The van der Waals surface area contributed by atoms with Crippen LogP contribution >= 0.6 is 0 Å². The van der Waals surface area contributed by atoms with Crippen molar-refractivity contribution in [2.24, 2.45) is 14.1 Å². The minimum Gasteiger partial charge on any atom is -0.350 e. The molecule has 0 radical (unpaired) electrons. The fraction of sp³-hybridized carbons (Fsp3) is 0.409. The molecule has 29 heavy (non-hydrogen) atoms. The number of nitrogens with zero attached hydrogens (tertiary/aromatic N) is 3. The number of aryl methyl sites for hydroxylation is 2. The molecule has 3 rings (SSSR count). The third-order valence-corrected chi connectivity index (χ3v) is 5.31. The van der Waals surface area contributed by atoms with Gasteiger partial charge in [0.15, 0.2) is 0 Å². The first kappa shape index (κ1) is 20.8. The molecule has 0 unspecified atom stereocenters. The van der Waals surface area contributed by atoms with E-state index in [2.05, 4.69) is 41.4 Å². The predicted molar refractivity (Wildman–Crippen MR) is 114 cm³/mol. The van der Waals surface area contributed by atoms with E-state index in [9.17, 15) is 14.4 Å². The van der Waals surface area contributed by atoms with Crippen LogP contribution < -0.4 is 16.6 Å². The number of carbonyl (C=O) groups excluding carboxylic acids is 1. The van der Waals surface area contributed by atoms with Gasteiger partial charge in [-0.25, -0.2) is 4.79 Å². The molecule has 2 aromatic rings. The Morgan fingerprint density at radius 1 is 1.21 bits per heavy atom. The van der Waals surface area contributed by atoms with Crippen LogP contribution in [-0.2, 0) is 25.4 Å². The Morgan fingerprint density at radius 3 is 2.62 bits per heavy atom. The van der Waals surface area contributed by atoms with Crippen LogP contribution in [0.4, 0.5) is 0 Å². The molecule has 7 heteroatoms. The number of rotatable bonds is 5. The number of aromatic nitrogens is 2. The highest BCUT2D eigenvalue weighted by Crippen LogP contribution is 2.14. The minimum atomic E-state index is -0.415. The van der Waals surface area contributed by atoms with E-state index in [1.54, 1.807) is 7.05 Å². The van der Waals surface area contributed by atoms with Crippen LogP contribution in [0.25, 0.3) is 6.08 Å². The van der Waals surface area contributed by atoms with E-state index in [4.69, 9.17) is 0 Å². The zero-order valence-electron chi connectivity index (χ0n) is 17.2. The second-order valence-electron chi connectivity index (χ2n) is 7.72. The fourth-order valence-electron chi connectivity index (χ4n) is 3.67. The van der Waals surface area contributed by atoms with Gasteiger partial charge in [0.25, 0.3) is 5.56 Å². The molecular formula is C22H28N4O3. The maximum absolute atomic E-state index is 12.3. The summed E-state index contributed by atoms with van der Waals surface area (Å²) in [4.78, 5) is 38.5. The van der Waals surface area contributed by atoms with Crippen molar-refractivity contribution in [3.8, 4) is 0 Å². The molecule has 1 N–H and O–H groups in total. The third kappa shape index (κ3) is 5.32. The largest absolute Gasteiger partial charge is 0.350 e. The summed E-state index contributed by atoms with van der Waals surface area (Å²) in [6, 6.07) is 8.67. The van der Waals surface area contributed by atoms with Crippen LogP contribution in [0.3, 0.4) is 0 Å². The maximum Gasteiger partial charge on any atom is 0.330 e. The zero-order valence-corrected chi connectivity index (χ0v) is 17.2. The van der Waals surface area contributed by atoms with Crippen molar-refractivity contribution in [3.63, 3.8) is 0 Å². The summed E-state index contributed by atoms with van der Waals surface area (Å²) in [5.74, 6) is -0.224. The summed E-state index contributed by atoms with van der Waals surface area (Å²) < 4.78 is 2.35. The van der Waals surface area contributed by atoms with Crippen LogP contribution in [0.2, 0.25) is 0 Å². The minimum absolute atomic E-state index is 0.129. The summed E-state index contributed by atoms with van der Waals surface area (Å²) in [6.07, 6.45) is 6.06. The number of hydrogen-bond acceptors (Lipinski definition) is 4. The molecular weight excluding hydrogens is 368 g/mol. The predicted octanol–water partition coefficient (Wildman–Crippen LogP) is 1.19. The van der Waals surface area contributed by atoms with Crippen LogP contribution in [0.15, 0.2) is 46.1 Å². The summed E-state index contributed by atoms with van der Waals surface area (Å²) in [5.41, 5.74) is 2.08. The highest BCUT2D eigenvalue weighted by molar-refractivity contribution is 5.91. The Morgan fingerprint density at radius 2 is 1.93 bits per heavy atom. The molecule has 0 atom stereocenters. The lowest BCUT2D eigenvalue weighted by Gasteiger charge is -2.32. The average Bonchev–Trinajstić information content (AvgIpc) is 2.69. The van der Waals surface area contributed by atoms with E-state index in [1.165, 1.54) is 41.1 Å². The highest BCUT2D eigenvalue weighted by atomic mass is 16.2. The number of nitrogens with one attached hydrogen (secondary N) is 1. The van der Waals surface area contributed by atoms with Gasteiger partial charge in [0, 0.05) is 52.0 Å². The lowest BCUT2D eigenvalue weighted by molar-refractivity contribution is -0.117. The van der Waals surface area contributed by atoms with Gasteiger partial charge in [-0.15, -0.1) is 0 Å². The molecule has 1 fully saturated rings. The molecule has 7 nitrogen and oxygen atoms in total. The summed E-state index contributed by atoms with van der Waals surface area (Å²) in [7, 11) is 3.00. The summed E-state index contributed by atoms with van der Waals surface area (Å²) in [5, 5.41) is 3.01. The number of hydrogen-bond donors (Lipinski definition) is 1. The SMILES string of the molecule is Cc1cccc(CN2CCC(NC(=O)/C=C/c3cn(C)c(=O)n(C)c3=O)CC2)c1. The van der Waals surface area contributed by atoms with Crippen LogP contribution in [0, 0.1) is 6.92 Å². The zero-order chi connectivity index (χ0) is 21.0. The molecule has 2 heterocycles. The van der Waals surface area contributed by atoms with Crippen molar-refractivity contribution in [2.75, 3.05) is 13.1 Å². The molecule has 1 saturated heterocycles. The number of piperidine rings is 1.